The van der Waals surface area contributed by atoms with E-state index in [9.17, 15) is 4.79 Å². The van der Waals surface area contributed by atoms with Crippen LogP contribution in [0.1, 0.15) is 19.5 Å². The van der Waals surface area contributed by atoms with Gasteiger partial charge < -0.3 is 10.1 Å². The van der Waals surface area contributed by atoms with Gasteiger partial charge in [0, 0.05) is 32.8 Å². The normalized spacial score (nSPS) is 12.4. The lowest BCUT2D eigenvalue weighted by atomic mass is 10.2. The third-order valence-electron chi connectivity index (χ3n) is 2.47. The second kappa shape index (κ2) is 7.06. The van der Waals surface area contributed by atoms with E-state index in [4.69, 9.17) is 4.74 Å². The molecule has 1 heterocycles. The Morgan fingerprint density at radius 1 is 1.65 bits per heavy atom. The Morgan fingerprint density at radius 2 is 2.41 bits per heavy atom. The second-order valence-electron chi connectivity index (χ2n) is 4.09. The van der Waals surface area contributed by atoms with Gasteiger partial charge in [0.15, 0.2) is 0 Å². The average Bonchev–Trinajstić information content (AvgIpc) is 2.70. The minimum Gasteiger partial charge on any atom is -0.466 e. The van der Waals surface area contributed by atoms with Crippen molar-refractivity contribution in [2.45, 2.75) is 20.3 Å². The summed E-state index contributed by atoms with van der Waals surface area (Å²) < 4.78 is 6.72. The number of nitrogens with zero attached hydrogens (tertiary/aromatic N) is 2. The lowest BCUT2D eigenvalue weighted by Gasteiger charge is -2.10. The van der Waals surface area contributed by atoms with Gasteiger partial charge in [-0.25, -0.2) is 0 Å². The number of hydrogen-bond acceptors (Lipinski definition) is 4. The molecule has 0 radical (unpaired) electrons. The van der Waals surface area contributed by atoms with Crippen LogP contribution >= 0.6 is 0 Å². The van der Waals surface area contributed by atoms with E-state index >= 15 is 0 Å². The van der Waals surface area contributed by atoms with E-state index in [-0.39, 0.29) is 11.9 Å². The number of nitrogens with one attached hydrogen (secondary N) is 1. The van der Waals surface area contributed by atoms with Crippen LogP contribution in [0.2, 0.25) is 0 Å². The summed E-state index contributed by atoms with van der Waals surface area (Å²) in [6.45, 7) is 5.59. The Hall–Kier alpha value is -1.36. The minimum absolute atomic E-state index is 0.0984. The van der Waals surface area contributed by atoms with E-state index in [1.807, 2.05) is 33.2 Å². The highest BCUT2D eigenvalue weighted by atomic mass is 16.5. The standard InChI is InChI=1S/C12H21N3O2/c1-4-17-12(16)10(2)9-13-7-5-11-6-8-15(3)14-11/h6,8,10,13H,4-5,7,9H2,1-3H3. The van der Waals surface area contributed by atoms with Crippen molar-refractivity contribution in [3.05, 3.63) is 18.0 Å². The molecule has 5 heteroatoms. The summed E-state index contributed by atoms with van der Waals surface area (Å²) in [6.07, 6.45) is 2.80. The summed E-state index contributed by atoms with van der Waals surface area (Å²) in [5.74, 6) is -0.239. The Kier molecular flexibility index (Phi) is 5.69. The van der Waals surface area contributed by atoms with Crippen molar-refractivity contribution in [1.29, 1.82) is 0 Å². The fourth-order valence-corrected chi connectivity index (χ4v) is 1.50. The average molecular weight is 239 g/mol. The maximum absolute atomic E-state index is 11.3. The summed E-state index contributed by atoms with van der Waals surface area (Å²) in [7, 11) is 1.90. The summed E-state index contributed by atoms with van der Waals surface area (Å²) in [5.41, 5.74) is 1.06. The highest BCUT2D eigenvalue weighted by molar-refractivity contribution is 5.72. The highest BCUT2D eigenvalue weighted by Gasteiger charge is 2.12. The largest absolute Gasteiger partial charge is 0.466 e. The van der Waals surface area contributed by atoms with Gasteiger partial charge in [0.05, 0.1) is 18.2 Å². The van der Waals surface area contributed by atoms with Crippen molar-refractivity contribution in [3.8, 4) is 0 Å². The van der Waals surface area contributed by atoms with Crippen LogP contribution in [0.3, 0.4) is 0 Å². The first-order valence-corrected chi connectivity index (χ1v) is 5.99. The topological polar surface area (TPSA) is 56.1 Å². The summed E-state index contributed by atoms with van der Waals surface area (Å²) >= 11 is 0. The molecule has 5 nitrogen and oxygen atoms in total. The monoisotopic (exact) mass is 239 g/mol. The van der Waals surface area contributed by atoms with Gasteiger partial charge in [-0.2, -0.15) is 5.10 Å². The molecule has 1 N–H and O–H groups in total. The fourth-order valence-electron chi connectivity index (χ4n) is 1.50. The van der Waals surface area contributed by atoms with E-state index in [1.165, 1.54) is 0 Å². The van der Waals surface area contributed by atoms with Crippen molar-refractivity contribution in [2.24, 2.45) is 13.0 Å². The van der Waals surface area contributed by atoms with Crippen molar-refractivity contribution in [3.63, 3.8) is 0 Å². The number of aryl methyl sites for hydroxylation is 1. The van der Waals surface area contributed by atoms with Crippen molar-refractivity contribution in [2.75, 3.05) is 19.7 Å². The number of ether oxygens (including phenoxy) is 1. The molecular formula is C12H21N3O2. The van der Waals surface area contributed by atoms with Gasteiger partial charge in [0.2, 0.25) is 0 Å². The molecule has 1 aromatic heterocycles. The SMILES string of the molecule is CCOC(=O)C(C)CNCCc1ccn(C)n1. The molecule has 1 unspecified atom stereocenters. The molecule has 1 aromatic rings. The molecular weight excluding hydrogens is 218 g/mol. The summed E-state index contributed by atoms with van der Waals surface area (Å²) in [4.78, 5) is 11.3. The summed E-state index contributed by atoms with van der Waals surface area (Å²) in [6, 6.07) is 2.00. The van der Waals surface area contributed by atoms with E-state index < -0.39 is 0 Å². The molecule has 0 bridgehead atoms. The van der Waals surface area contributed by atoms with Crippen LogP contribution in [0, 0.1) is 5.92 Å². The predicted molar refractivity (Wildman–Crippen MR) is 65.6 cm³/mol. The number of hydrogen-bond donors (Lipinski definition) is 1. The highest BCUT2D eigenvalue weighted by Crippen LogP contribution is 1.98. The molecule has 0 aliphatic rings. The van der Waals surface area contributed by atoms with Crippen LogP contribution in [0.5, 0.6) is 0 Å². The smallest absolute Gasteiger partial charge is 0.309 e. The van der Waals surface area contributed by atoms with Gasteiger partial charge in [-0.05, 0) is 13.0 Å². The van der Waals surface area contributed by atoms with Crippen LogP contribution in [0.15, 0.2) is 12.3 Å². The Bertz CT molecular complexity index is 349. The van der Waals surface area contributed by atoms with E-state index in [1.54, 1.807) is 4.68 Å². The van der Waals surface area contributed by atoms with Gasteiger partial charge in [-0.3, -0.25) is 9.48 Å². The quantitative estimate of drug-likeness (QED) is 0.563. The van der Waals surface area contributed by atoms with Crippen LogP contribution < -0.4 is 5.32 Å². The Balaban J connectivity index is 2.13. The maximum atomic E-state index is 11.3. The molecule has 0 saturated carbocycles. The second-order valence-corrected chi connectivity index (χ2v) is 4.09. The molecule has 1 rings (SSSR count). The molecule has 0 saturated heterocycles. The molecule has 0 aliphatic heterocycles. The molecule has 1 atom stereocenters. The molecule has 0 aliphatic carbocycles. The van der Waals surface area contributed by atoms with Crippen molar-refractivity contribution >= 4 is 5.97 Å². The zero-order valence-corrected chi connectivity index (χ0v) is 10.8. The zero-order valence-electron chi connectivity index (χ0n) is 10.8. The first-order valence-electron chi connectivity index (χ1n) is 5.99. The number of aromatic nitrogens is 2. The molecule has 96 valence electrons. The molecule has 0 aromatic carbocycles. The lowest BCUT2D eigenvalue weighted by Crippen LogP contribution is -2.29. The van der Waals surface area contributed by atoms with Crippen molar-refractivity contribution in [1.82, 2.24) is 15.1 Å². The number of esters is 1. The fraction of sp³-hybridized carbons (Fsp3) is 0.667. The van der Waals surface area contributed by atoms with Crippen LogP contribution in [-0.2, 0) is 23.0 Å². The van der Waals surface area contributed by atoms with E-state index in [0.717, 1.165) is 18.7 Å². The van der Waals surface area contributed by atoms with Crippen LogP contribution in [0.25, 0.3) is 0 Å². The van der Waals surface area contributed by atoms with Gasteiger partial charge in [-0.15, -0.1) is 0 Å². The van der Waals surface area contributed by atoms with Gasteiger partial charge in [-0.1, -0.05) is 6.92 Å². The van der Waals surface area contributed by atoms with Crippen LogP contribution in [-0.4, -0.2) is 35.4 Å². The van der Waals surface area contributed by atoms with E-state index in [2.05, 4.69) is 10.4 Å². The predicted octanol–water partition coefficient (Wildman–Crippen LogP) is 0.751. The zero-order chi connectivity index (χ0) is 12.7. The molecule has 0 fully saturated rings. The molecule has 17 heavy (non-hydrogen) atoms. The first-order chi connectivity index (χ1) is 8.13. The van der Waals surface area contributed by atoms with E-state index in [0.29, 0.717) is 13.2 Å². The van der Waals surface area contributed by atoms with Gasteiger partial charge in [0.25, 0.3) is 0 Å². The van der Waals surface area contributed by atoms with Crippen LogP contribution in [0.4, 0.5) is 0 Å². The molecule has 0 spiro atoms. The Morgan fingerprint density at radius 3 is 3.00 bits per heavy atom. The lowest BCUT2D eigenvalue weighted by molar-refractivity contribution is -0.147. The van der Waals surface area contributed by atoms with Gasteiger partial charge >= 0.3 is 5.97 Å². The van der Waals surface area contributed by atoms with Crippen molar-refractivity contribution < 1.29 is 9.53 Å². The Labute approximate surface area is 102 Å². The number of carbonyl (C=O) groups is 1. The first kappa shape index (κ1) is 13.7. The third kappa shape index (κ3) is 4.99. The number of carbonyl (C=O) groups excluding carboxylic acids is 1. The number of rotatable bonds is 7. The third-order valence-corrected chi connectivity index (χ3v) is 2.47. The maximum Gasteiger partial charge on any atom is 0.309 e. The molecule has 0 amide bonds. The summed E-state index contributed by atoms with van der Waals surface area (Å²) in [5, 5.41) is 7.51. The minimum atomic E-state index is -0.141. The van der Waals surface area contributed by atoms with Gasteiger partial charge in [0.1, 0.15) is 0 Å².